The van der Waals surface area contributed by atoms with Crippen LogP contribution in [0.3, 0.4) is 0 Å². The molecule has 1 saturated heterocycles. The number of nitrogen functional groups attached to an aromatic ring is 1. The van der Waals surface area contributed by atoms with Crippen molar-refractivity contribution >= 4 is 22.6 Å². The van der Waals surface area contributed by atoms with E-state index in [1.807, 2.05) is 88.7 Å². The van der Waals surface area contributed by atoms with Gasteiger partial charge in [-0.05, 0) is 59.7 Å². The van der Waals surface area contributed by atoms with Gasteiger partial charge in [-0.3, -0.25) is 5.10 Å². The summed E-state index contributed by atoms with van der Waals surface area (Å²) in [6.45, 7) is 0.746. The Hall–Kier alpha value is -4.62. The predicted octanol–water partition coefficient (Wildman–Crippen LogP) is 5.56. The normalized spacial score (nSPS) is 19.1. The van der Waals surface area contributed by atoms with Crippen molar-refractivity contribution in [3.63, 3.8) is 0 Å². The second-order valence-electron chi connectivity index (χ2n) is 10.9. The van der Waals surface area contributed by atoms with E-state index in [2.05, 4.69) is 34.5 Å². The Labute approximate surface area is 240 Å². The van der Waals surface area contributed by atoms with Crippen molar-refractivity contribution in [3.8, 4) is 0 Å². The number of urea groups is 1. The van der Waals surface area contributed by atoms with Gasteiger partial charge in [-0.1, -0.05) is 84.9 Å². The summed E-state index contributed by atoms with van der Waals surface area (Å²) in [7, 11) is 0. The van der Waals surface area contributed by atoms with Crippen LogP contribution in [-0.4, -0.2) is 49.3 Å². The number of nitrogens with one attached hydrogen (secondary N) is 1. The molecule has 1 aliphatic rings. The summed E-state index contributed by atoms with van der Waals surface area (Å²) in [6.07, 6.45) is 3.01. The number of aromatic amines is 1. The number of rotatable bonds is 9. The van der Waals surface area contributed by atoms with Gasteiger partial charge >= 0.3 is 6.03 Å². The number of anilines is 1. The number of carbonyl (C=O) groups excluding carboxylic acids is 1. The van der Waals surface area contributed by atoms with Gasteiger partial charge in [0.1, 0.15) is 0 Å². The number of fused-ring (bicyclic) bond motifs is 1. The van der Waals surface area contributed by atoms with Crippen molar-refractivity contribution in [1.82, 2.24) is 20.0 Å². The van der Waals surface area contributed by atoms with Gasteiger partial charge in [0.05, 0.1) is 29.9 Å². The molecule has 2 heterocycles. The third-order valence-electron chi connectivity index (χ3n) is 8.10. The first-order valence-electron chi connectivity index (χ1n) is 14.1. The molecule has 5 aromatic rings. The van der Waals surface area contributed by atoms with Crippen LogP contribution < -0.4 is 5.73 Å². The fraction of sp³-hybridized carbons (Fsp3) is 0.235. The van der Waals surface area contributed by atoms with Gasteiger partial charge in [-0.25, -0.2) is 4.79 Å². The lowest BCUT2D eigenvalue weighted by atomic mass is 9.88. The highest BCUT2D eigenvalue weighted by atomic mass is 16.3. The number of amides is 2. The van der Waals surface area contributed by atoms with Crippen LogP contribution in [-0.2, 0) is 25.9 Å². The Morgan fingerprint density at radius 1 is 0.756 bits per heavy atom. The molecule has 4 N–H and O–H groups in total. The van der Waals surface area contributed by atoms with Crippen LogP contribution in [0.1, 0.15) is 28.7 Å². The molecule has 2 amide bonds. The Bertz CT molecular complexity index is 1600. The number of hydrogen-bond donors (Lipinski definition) is 3. The van der Waals surface area contributed by atoms with E-state index in [1.165, 1.54) is 5.56 Å². The first-order valence-corrected chi connectivity index (χ1v) is 14.1. The van der Waals surface area contributed by atoms with E-state index in [9.17, 15) is 9.90 Å². The van der Waals surface area contributed by atoms with Gasteiger partial charge in [-0.2, -0.15) is 5.10 Å². The minimum atomic E-state index is -0.756. The second-order valence-corrected chi connectivity index (χ2v) is 10.9. The van der Waals surface area contributed by atoms with Gasteiger partial charge in [0.25, 0.3) is 0 Å². The van der Waals surface area contributed by atoms with Crippen LogP contribution in [0.25, 0.3) is 10.9 Å². The van der Waals surface area contributed by atoms with Crippen molar-refractivity contribution < 1.29 is 9.90 Å². The van der Waals surface area contributed by atoms with E-state index < -0.39 is 6.10 Å². The predicted molar refractivity (Wildman–Crippen MR) is 162 cm³/mol. The van der Waals surface area contributed by atoms with E-state index in [-0.39, 0.29) is 18.1 Å². The Morgan fingerprint density at radius 3 is 2.15 bits per heavy atom. The summed E-state index contributed by atoms with van der Waals surface area (Å²) >= 11 is 0. The fourth-order valence-corrected chi connectivity index (χ4v) is 5.98. The molecule has 3 unspecified atom stereocenters. The summed E-state index contributed by atoms with van der Waals surface area (Å²) in [5, 5.41) is 20.3. The van der Waals surface area contributed by atoms with Crippen LogP contribution in [0.2, 0.25) is 0 Å². The zero-order chi connectivity index (χ0) is 28.2. The van der Waals surface area contributed by atoms with Crippen molar-refractivity contribution in [2.24, 2.45) is 0 Å². The average molecular weight is 546 g/mol. The second kappa shape index (κ2) is 11.9. The number of aromatic nitrogens is 2. The number of aliphatic hydroxyl groups excluding tert-OH is 1. The maximum atomic E-state index is 14.5. The monoisotopic (exact) mass is 545 g/mol. The Kier molecular flexibility index (Phi) is 7.69. The maximum absolute atomic E-state index is 14.5. The lowest BCUT2D eigenvalue weighted by molar-refractivity contribution is -0.0453. The highest BCUT2D eigenvalue weighted by molar-refractivity contribution is 5.79. The largest absolute Gasteiger partial charge is 0.399 e. The lowest BCUT2D eigenvalue weighted by Gasteiger charge is -2.49. The molecule has 1 aromatic heterocycles. The van der Waals surface area contributed by atoms with Gasteiger partial charge in [0.15, 0.2) is 0 Å². The van der Waals surface area contributed by atoms with Crippen LogP contribution in [0.4, 0.5) is 10.5 Å². The van der Waals surface area contributed by atoms with Crippen LogP contribution in [0.5, 0.6) is 0 Å². The molecule has 7 nitrogen and oxygen atoms in total. The zero-order valence-electron chi connectivity index (χ0n) is 22.9. The first-order chi connectivity index (χ1) is 20.0. The highest BCUT2D eigenvalue weighted by Crippen LogP contribution is 2.31. The number of carbonyl (C=O) groups is 1. The topological polar surface area (TPSA) is 98.5 Å². The number of nitrogens with two attached hydrogens (primary N) is 1. The van der Waals surface area contributed by atoms with E-state index in [1.54, 1.807) is 6.20 Å². The smallest absolute Gasteiger partial charge is 0.321 e. The van der Waals surface area contributed by atoms with Crippen molar-refractivity contribution in [1.29, 1.82) is 0 Å². The molecule has 0 bridgehead atoms. The molecule has 0 radical (unpaired) electrons. The van der Waals surface area contributed by atoms with Gasteiger partial charge in [0.2, 0.25) is 0 Å². The van der Waals surface area contributed by atoms with Gasteiger partial charge < -0.3 is 20.6 Å². The Balaban J connectivity index is 1.36. The molecular formula is C34H35N5O2. The number of hydrogen-bond acceptors (Lipinski definition) is 4. The highest BCUT2D eigenvalue weighted by Gasteiger charge is 2.45. The molecule has 41 heavy (non-hydrogen) atoms. The van der Waals surface area contributed by atoms with E-state index >= 15 is 0 Å². The summed E-state index contributed by atoms with van der Waals surface area (Å²) in [5.74, 6) is 0. The molecule has 3 atom stereocenters. The van der Waals surface area contributed by atoms with Crippen molar-refractivity contribution in [3.05, 3.63) is 132 Å². The first kappa shape index (κ1) is 26.6. The standard InChI is InChI=1S/C34H35N5O2/c35-29-13-7-12-26(18-29)22-38-31(17-15-24-8-3-1-4-9-24)33(40)32(20-25-10-5-2-6-11-25)39(34(38)41)23-27-14-16-28-21-36-37-30(28)19-27/h1-14,16,18-19,21,31-33,40H,15,17,20,22-23,35H2,(H,36,37). The third kappa shape index (κ3) is 5.95. The summed E-state index contributed by atoms with van der Waals surface area (Å²) in [4.78, 5) is 18.2. The van der Waals surface area contributed by atoms with Crippen LogP contribution >= 0.6 is 0 Å². The number of aliphatic hydroxyl groups is 1. The van der Waals surface area contributed by atoms with Gasteiger partial charge in [0, 0.05) is 24.2 Å². The fourth-order valence-electron chi connectivity index (χ4n) is 5.98. The summed E-state index contributed by atoms with van der Waals surface area (Å²) in [6, 6.07) is 33.2. The third-order valence-corrected chi connectivity index (χ3v) is 8.10. The molecule has 208 valence electrons. The molecule has 4 aromatic carbocycles. The lowest BCUT2D eigenvalue weighted by Crippen LogP contribution is -2.66. The van der Waals surface area contributed by atoms with E-state index in [0.717, 1.165) is 34.0 Å². The molecule has 1 fully saturated rings. The minimum absolute atomic E-state index is 0.0820. The number of nitrogens with zero attached hydrogens (tertiary/aromatic N) is 3. The number of benzene rings is 4. The van der Waals surface area contributed by atoms with Crippen LogP contribution in [0.15, 0.2) is 109 Å². The molecule has 6 rings (SSSR count). The number of H-pyrrole nitrogens is 1. The minimum Gasteiger partial charge on any atom is -0.399 e. The zero-order valence-corrected chi connectivity index (χ0v) is 22.9. The molecule has 1 aliphatic heterocycles. The molecule has 7 heteroatoms. The molecule has 0 spiro atoms. The van der Waals surface area contributed by atoms with Crippen LogP contribution in [0, 0.1) is 0 Å². The maximum Gasteiger partial charge on any atom is 0.321 e. The Morgan fingerprint density at radius 2 is 1.41 bits per heavy atom. The van der Waals surface area contributed by atoms with E-state index in [0.29, 0.717) is 31.6 Å². The number of aryl methyl sites for hydroxylation is 1. The van der Waals surface area contributed by atoms with Crippen molar-refractivity contribution in [2.45, 2.75) is 50.5 Å². The van der Waals surface area contributed by atoms with Gasteiger partial charge in [-0.15, -0.1) is 0 Å². The molecular weight excluding hydrogens is 510 g/mol. The van der Waals surface area contributed by atoms with E-state index in [4.69, 9.17) is 5.73 Å². The molecule has 0 aliphatic carbocycles. The molecule has 0 saturated carbocycles. The summed E-state index contributed by atoms with van der Waals surface area (Å²) < 4.78 is 0. The summed E-state index contributed by atoms with van der Waals surface area (Å²) in [5.41, 5.74) is 11.9. The SMILES string of the molecule is Nc1cccc(CN2C(=O)N(Cc3ccc4cn[nH]c4c3)C(Cc3ccccc3)C(O)C2CCc2ccccc2)c1. The average Bonchev–Trinajstić information content (AvgIpc) is 3.46. The quantitative estimate of drug-likeness (QED) is 0.211. The van der Waals surface area contributed by atoms with Crippen molar-refractivity contribution in [2.75, 3.05) is 5.73 Å².